The van der Waals surface area contributed by atoms with Crippen molar-refractivity contribution in [2.75, 3.05) is 5.73 Å². The zero-order chi connectivity index (χ0) is 15.1. The van der Waals surface area contributed by atoms with E-state index in [1.54, 1.807) is 0 Å². The number of nitrogens with zero attached hydrogens (tertiary/aromatic N) is 2. The molecule has 3 aromatic rings. The van der Waals surface area contributed by atoms with Crippen LogP contribution in [0.25, 0.3) is 22.4 Å². The number of hydrogen-bond donors (Lipinski definition) is 1. The first-order valence-corrected chi connectivity index (χ1v) is 7.42. The molecule has 0 atom stereocenters. The zero-order valence-corrected chi connectivity index (χ0v) is 13.2. The highest BCUT2D eigenvalue weighted by molar-refractivity contribution is 6.31. The standard InChI is InChI=1S/C17H18ClN3/c1-4-21-15-9-12(18)5-6-14(15)20-17(21)13-8-10(2)7-11(3)16(13)19/h5-9H,4,19H2,1-3H3. The first-order chi connectivity index (χ1) is 10.0. The van der Waals surface area contributed by atoms with Crippen molar-refractivity contribution < 1.29 is 0 Å². The molecule has 21 heavy (non-hydrogen) atoms. The van der Waals surface area contributed by atoms with Gasteiger partial charge in [0.2, 0.25) is 0 Å². The van der Waals surface area contributed by atoms with Crippen LogP contribution in [0.2, 0.25) is 5.02 Å². The SMILES string of the molecule is CCn1c(-c2cc(C)cc(C)c2N)nc2ccc(Cl)cc21. The van der Waals surface area contributed by atoms with Gasteiger partial charge in [0.05, 0.1) is 11.0 Å². The summed E-state index contributed by atoms with van der Waals surface area (Å²) in [7, 11) is 0. The Labute approximate surface area is 129 Å². The summed E-state index contributed by atoms with van der Waals surface area (Å²) in [4.78, 5) is 4.76. The number of benzene rings is 2. The van der Waals surface area contributed by atoms with Crippen molar-refractivity contribution in [2.24, 2.45) is 0 Å². The summed E-state index contributed by atoms with van der Waals surface area (Å²) in [6.07, 6.45) is 0. The van der Waals surface area contributed by atoms with E-state index in [4.69, 9.17) is 22.3 Å². The van der Waals surface area contributed by atoms with Gasteiger partial charge in [-0.15, -0.1) is 0 Å². The maximum Gasteiger partial charge on any atom is 0.143 e. The predicted molar refractivity (Wildman–Crippen MR) is 89.7 cm³/mol. The van der Waals surface area contributed by atoms with Gasteiger partial charge in [0.1, 0.15) is 5.82 Å². The van der Waals surface area contributed by atoms with Gasteiger partial charge in [-0.2, -0.15) is 0 Å². The number of hydrogen-bond acceptors (Lipinski definition) is 2. The number of rotatable bonds is 2. The second-order valence-corrected chi connectivity index (χ2v) is 5.79. The maximum atomic E-state index is 6.28. The minimum absolute atomic E-state index is 0.719. The first-order valence-electron chi connectivity index (χ1n) is 7.04. The molecule has 2 aromatic carbocycles. The summed E-state index contributed by atoms with van der Waals surface area (Å²) in [5.41, 5.74) is 12.3. The number of halogens is 1. The molecule has 1 heterocycles. The van der Waals surface area contributed by atoms with Crippen LogP contribution in [-0.4, -0.2) is 9.55 Å². The van der Waals surface area contributed by atoms with E-state index >= 15 is 0 Å². The quantitative estimate of drug-likeness (QED) is 0.704. The average Bonchev–Trinajstić information content (AvgIpc) is 2.80. The van der Waals surface area contributed by atoms with Gasteiger partial charge in [0.15, 0.2) is 0 Å². The van der Waals surface area contributed by atoms with Crippen molar-refractivity contribution >= 4 is 28.3 Å². The summed E-state index contributed by atoms with van der Waals surface area (Å²) < 4.78 is 2.16. The van der Waals surface area contributed by atoms with E-state index in [0.717, 1.165) is 45.2 Å². The fourth-order valence-electron chi connectivity index (χ4n) is 2.79. The lowest BCUT2D eigenvalue weighted by atomic mass is 10.0. The molecule has 2 N–H and O–H groups in total. The molecule has 108 valence electrons. The Morgan fingerprint density at radius 3 is 2.67 bits per heavy atom. The van der Waals surface area contributed by atoms with Gasteiger partial charge in [-0.1, -0.05) is 17.7 Å². The molecular formula is C17H18ClN3. The summed E-state index contributed by atoms with van der Waals surface area (Å²) in [5, 5.41) is 0.719. The number of aryl methyl sites for hydroxylation is 3. The number of anilines is 1. The number of fused-ring (bicyclic) bond motifs is 1. The highest BCUT2D eigenvalue weighted by Crippen LogP contribution is 2.32. The second-order valence-electron chi connectivity index (χ2n) is 5.36. The van der Waals surface area contributed by atoms with Gasteiger partial charge in [0, 0.05) is 22.8 Å². The molecule has 0 unspecified atom stereocenters. The highest BCUT2D eigenvalue weighted by atomic mass is 35.5. The van der Waals surface area contributed by atoms with Crippen LogP contribution < -0.4 is 5.73 Å². The highest BCUT2D eigenvalue weighted by Gasteiger charge is 2.15. The molecule has 0 aliphatic rings. The normalized spacial score (nSPS) is 11.2. The third kappa shape index (κ3) is 2.28. The van der Waals surface area contributed by atoms with Crippen LogP contribution >= 0.6 is 11.6 Å². The van der Waals surface area contributed by atoms with Crippen molar-refractivity contribution in [2.45, 2.75) is 27.3 Å². The Morgan fingerprint density at radius 1 is 1.19 bits per heavy atom. The maximum absolute atomic E-state index is 6.28. The molecule has 0 saturated carbocycles. The summed E-state index contributed by atoms with van der Waals surface area (Å²) in [6.45, 7) is 7.02. The Bertz CT molecular complexity index is 834. The molecule has 3 rings (SSSR count). The van der Waals surface area contributed by atoms with Crippen LogP contribution in [0, 0.1) is 13.8 Å². The minimum Gasteiger partial charge on any atom is -0.398 e. The Hall–Kier alpha value is -2.00. The molecule has 0 saturated heterocycles. The minimum atomic E-state index is 0.719. The Balaban J connectivity index is 2.35. The fraction of sp³-hybridized carbons (Fsp3) is 0.235. The molecule has 0 radical (unpaired) electrons. The molecule has 0 amide bonds. The Kier molecular flexibility index (Phi) is 3.38. The number of imidazole rings is 1. The molecule has 0 bridgehead atoms. The summed E-state index contributed by atoms with van der Waals surface area (Å²) >= 11 is 6.12. The van der Waals surface area contributed by atoms with Gasteiger partial charge in [-0.25, -0.2) is 4.98 Å². The predicted octanol–water partition coefficient (Wildman–Crippen LogP) is 4.58. The van der Waals surface area contributed by atoms with Gasteiger partial charge < -0.3 is 10.3 Å². The van der Waals surface area contributed by atoms with E-state index in [0.29, 0.717) is 0 Å². The molecule has 0 fully saturated rings. The van der Waals surface area contributed by atoms with Crippen molar-refractivity contribution in [3.8, 4) is 11.4 Å². The van der Waals surface area contributed by atoms with Crippen LogP contribution in [0.1, 0.15) is 18.1 Å². The smallest absolute Gasteiger partial charge is 0.143 e. The van der Waals surface area contributed by atoms with Crippen LogP contribution in [0.4, 0.5) is 5.69 Å². The second kappa shape index (κ2) is 5.08. The molecular weight excluding hydrogens is 282 g/mol. The van der Waals surface area contributed by atoms with E-state index in [1.165, 1.54) is 5.56 Å². The largest absolute Gasteiger partial charge is 0.398 e. The monoisotopic (exact) mass is 299 g/mol. The van der Waals surface area contributed by atoms with Gasteiger partial charge >= 0.3 is 0 Å². The van der Waals surface area contributed by atoms with Crippen molar-refractivity contribution in [3.63, 3.8) is 0 Å². The van der Waals surface area contributed by atoms with Gasteiger partial charge in [0.25, 0.3) is 0 Å². The zero-order valence-electron chi connectivity index (χ0n) is 12.4. The lowest BCUT2D eigenvalue weighted by molar-refractivity contribution is 0.796. The van der Waals surface area contributed by atoms with Crippen LogP contribution in [-0.2, 0) is 6.54 Å². The van der Waals surface area contributed by atoms with Crippen LogP contribution in [0.15, 0.2) is 30.3 Å². The van der Waals surface area contributed by atoms with Gasteiger partial charge in [-0.05, 0) is 56.2 Å². The van der Waals surface area contributed by atoms with Crippen LogP contribution in [0.3, 0.4) is 0 Å². The molecule has 1 aromatic heterocycles. The lowest BCUT2D eigenvalue weighted by Gasteiger charge is -2.12. The summed E-state index contributed by atoms with van der Waals surface area (Å²) in [6, 6.07) is 9.96. The van der Waals surface area contributed by atoms with E-state index < -0.39 is 0 Å². The number of nitrogens with two attached hydrogens (primary N) is 1. The third-order valence-electron chi connectivity index (χ3n) is 3.80. The van der Waals surface area contributed by atoms with E-state index in [-0.39, 0.29) is 0 Å². The van der Waals surface area contributed by atoms with Crippen molar-refractivity contribution in [1.29, 1.82) is 0 Å². The average molecular weight is 300 g/mol. The molecule has 0 aliphatic heterocycles. The Morgan fingerprint density at radius 2 is 1.95 bits per heavy atom. The molecule has 4 heteroatoms. The number of nitrogen functional groups attached to an aromatic ring is 1. The molecule has 0 spiro atoms. The topological polar surface area (TPSA) is 43.8 Å². The van der Waals surface area contributed by atoms with Crippen molar-refractivity contribution in [1.82, 2.24) is 9.55 Å². The van der Waals surface area contributed by atoms with E-state index in [9.17, 15) is 0 Å². The van der Waals surface area contributed by atoms with E-state index in [2.05, 4.69) is 30.5 Å². The number of aromatic nitrogens is 2. The van der Waals surface area contributed by atoms with Gasteiger partial charge in [-0.3, -0.25) is 0 Å². The van der Waals surface area contributed by atoms with E-state index in [1.807, 2.05) is 25.1 Å². The van der Waals surface area contributed by atoms with Crippen LogP contribution in [0.5, 0.6) is 0 Å². The molecule has 0 aliphatic carbocycles. The van der Waals surface area contributed by atoms with Crippen molar-refractivity contribution in [3.05, 3.63) is 46.5 Å². The lowest BCUT2D eigenvalue weighted by Crippen LogP contribution is -2.02. The summed E-state index contributed by atoms with van der Waals surface area (Å²) in [5.74, 6) is 0.902. The fourth-order valence-corrected chi connectivity index (χ4v) is 2.95. The third-order valence-corrected chi connectivity index (χ3v) is 4.03. The first kappa shape index (κ1) is 14.0. The molecule has 3 nitrogen and oxygen atoms in total.